The maximum absolute atomic E-state index is 12.8. The molecule has 0 aliphatic heterocycles. The Hall–Kier alpha value is -3.95. The largest absolute Gasteiger partial charge is 0.462 e. The molecular formula is C27H26N2O6S. The monoisotopic (exact) mass is 506 g/mol. The summed E-state index contributed by atoms with van der Waals surface area (Å²) < 4.78 is 38.5. The second-order valence-corrected chi connectivity index (χ2v) is 10.4. The number of sulfonamides is 1. The average Bonchev–Trinajstić information content (AvgIpc) is 3.15. The highest BCUT2D eigenvalue weighted by atomic mass is 32.2. The van der Waals surface area contributed by atoms with Crippen LogP contribution in [0.4, 0.5) is 0 Å². The topological polar surface area (TPSA) is 94.9 Å². The van der Waals surface area contributed by atoms with Crippen LogP contribution in [-0.2, 0) is 14.8 Å². The van der Waals surface area contributed by atoms with Gasteiger partial charge >= 0.3 is 11.9 Å². The summed E-state index contributed by atoms with van der Waals surface area (Å²) in [5.41, 5.74) is 2.94. The van der Waals surface area contributed by atoms with E-state index in [1.807, 2.05) is 41.8 Å². The third-order valence-corrected chi connectivity index (χ3v) is 7.58. The van der Waals surface area contributed by atoms with Gasteiger partial charge in [0.25, 0.3) is 0 Å². The van der Waals surface area contributed by atoms with Gasteiger partial charge in [-0.25, -0.2) is 22.3 Å². The van der Waals surface area contributed by atoms with E-state index in [0.29, 0.717) is 16.6 Å². The van der Waals surface area contributed by atoms with E-state index in [-0.39, 0.29) is 22.8 Å². The molecule has 9 heteroatoms. The van der Waals surface area contributed by atoms with Crippen LogP contribution in [0.5, 0.6) is 5.75 Å². The molecule has 0 radical (unpaired) electrons. The van der Waals surface area contributed by atoms with E-state index in [4.69, 9.17) is 9.47 Å². The summed E-state index contributed by atoms with van der Waals surface area (Å²) in [5.74, 6) is -0.871. The highest BCUT2D eigenvalue weighted by molar-refractivity contribution is 7.89. The Morgan fingerprint density at radius 1 is 0.917 bits per heavy atom. The van der Waals surface area contributed by atoms with Crippen molar-refractivity contribution >= 4 is 32.9 Å². The lowest BCUT2D eigenvalue weighted by molar-refractivity contribution is 0.0527. The summed E-state index contributed by atoms with van der Waals surface area (Å²) in [5, 5.41) is 0.590. The Kier molecular flexibility index (Phi) is 6.96. The van der Waals surface area contributed by atoms with Gasteiger partial charge in [0.15, 0.2) is 0 Å². The fourth-order valence-corrected chi connectivity index (χ4v) is 4.87. The Morgan fingerprint density at radius 3 is 2.19 bits per heavy atom. The number of hydrogen-bond donors (Lipinski definition) is 0. The summed E-state index contributed by atoms with van der Waals surface area (Å²) in [4.78, 5) is 25.7. The lowest BCUT2D eigenvalue weighted by atomic mass is 10.1. The maximum atomic E-state index is 12.8. The first-order valence-corrected chi connectivity index (χ1v) is 12.7. The first-order valence-electron chi connectivity index (χ1n) is 11.3. The molecule has 0 spiro atoms. The van der Waals surface area contributed by atoms with E-state index in [1.54, 1.807) is 25.1 Å². The van der Waals surface area contributed by atoms with E-state index >= 15 is 0 Å². The number of fused-ring (bicyclic) bond motifs is 1. The Balaban J connectivity index is 1.71. The van der Waals surface area contributed by atoms with Crippen molar-refractivity contribution in [3.05, 3.63) is 89.6 Å². The zero-order valence-corrected chi connectivity index (χ0v) is 21.2. The molecule has 1 aromatic heterocycles. The fraction of sp³-hybridized carbons (Fsp3) is 0.185. The lowest BCUT2D eigenvalue weighted by Crippen LogP contribution is -2.22. The molecule has 4 rings (SSSR count). The van der Waals surface area contributed by atoms with Crippen molar-refractivity contribution in [3.8, 4) is 11.4 Å². The van der Waals surface area contributed by atoms with Crippen molar-refractivity contribution < 1.29 is 27.5 Å². The molecule has 0 atom stereocenters. The quantitative estimate of drug-likeness (QED) is 0.269. The standard InChI is InChI=1S/C27H26N2O6S/c1-5-34-27(31)25-18(2)29(20-9-7-6-8-10-20)24-16-13-21(17-23(24)25)35-26(30)19-11-14-22(15-12-19)36(32,33)28(3)4/h6-17H,5H2,1-4H3. The lowest BCUT2D eigenvalue weighted by Gasteiger charge is -2.11. The molecule has 3 aromatic carbocycles. The van der Waals surface area contributed by atoms with Crippen LogP contribution in [-0.4, -0.2) is 49.9 Å². The van der Waals surface area contributed by atoms with Gasteiger partial charge < -0.3 is 14.0 Å². The van der Waals surface area contributed by atoms with Gasteiger partial charge in [-0.2, -0.15) is 0 Å². The first-order chi connectivity index (χ1) is 17.1. The normalized spacial score (nSPS) is 11.6. The van der Waals surface area contributed by atoms with E-state index < -0.39 is 22.0 Å². The number of hydrogen-bond acceptors (Lipinski definition) is 6. The number of nitrogens with zero attached hydrogens (tertiary/aromatic N) is 2. The third-order valence-electron chi connectivity index (χ3n) is 5.75. The van der Waals surface area contributed by atoms with Crippen molar-refractivity contribution in [2.24, 2.45) is 0 Å². The average molecular weight is 507 g/mol. The van der Waals surface area contributed by atoms with Gasteiger partial charge in [-0.05, 0) is 68.4 Å². The molecule has 0 aliphatic rings. The minimum atomic E-state index is -3.61. The Bertz CT molecular complexity index is 1540. The van der Waals surface area contributed by atoms with Crippen molar-refractivity contribution in [1.29, 1.82) is 0 Å². The number of ether oxygens (including phenoxy) is 2. The third kappa shape index (κ3) is 4.62. The van der Waals surface area contributed by atoms with Crippen LogP contribution in [0.15, 0.2) is 77.7 Å². The van der Waals surface area contributed by atoms with Crippen molar-refractivity contribution in [2.75, 3.05) is 20.7 Å². The minimum Gasteiger partial charge on any atom is -0.462 e. The molecule has 0 saturated carbocycles. The molecule has 0 bridgehead atoms. The molecule has 186 valence electrons. The fourth-order valence-electron chi connectivity index (χ4n) is 3.97. The second kappa shape index (κ2) is 9.96. The van der Waals surface area contributed by atoms with Crippen LogP contribution in [0.2, 0.25) is 0 Å². The molecule has 0 fully saturated rings. The highest BCUT2D eigenvalue weighted by Crippen LogP contribution is 2.33. The van der Waals surface area contributed by atoms with Crippen LogP contribution >= 0.6 is 0 Å². The Labute approximate surface area is 209 Å². The van der Waals surface area contributed by atoms with Crippen LogP contribution in [0.1, 0.15) is 33.3 Å². The van der Waals surface area contributed by atoms with Gasteiger partial charge in [-0.15, -0.1) is 0 Å². The number of benzene rings is 3. The van der Waals surface area contributed by atoms with Gasteiger partial charge in [0.05, 0.1) is 28.1 Å². The predicted molar refractivity (Wildman–Crippen MR) is 136 cm³/mol. The van der Waals surface area contributed by atoms with Crippen LogP contribution in [0.25, 0.3) is 16.6 Å². The summed E-state index contributed by atoms with van der Waals surface area (Å²) in [6, 6.07) is 20.2. The van der Waals surface area contributed by atoms with Gasteiger partial charge in [0, 0.05) is 30.9 Å². The van der Waals surface area contributed by atoms with E-state index in [1.165, 1.54) is 38.4 Å². The number of esters is 2. The van der Waals surface area contributed by atoms with Gasteiger partial charge in [-0.3, -0.25) is 0 Å². The Morgan fingerprint density at radius 2 is 1.58 bits per heavy atom. The molecule has 0 unspecified atom stereocenters. The molecule has 36 heavy (non-hydrogen) atoms. The summed E-state index contributed by atoms with van der Waals surface area (Å²) in [6.07, 6.45) is 0. The van der Waals surface area contributed by atoms with Gasteiger partial charge in [0.1, 0.15) is 5.75 Å². The molecule has 0 saturated heterocycles. The summed E-state index contributed by atoms with van der Waals surface area (Å²) in [6.45, 7) is 3.81. The zero-order valence-electron chi connectivity index (χ0n) is 20.4. The molecule has 0 aliphatic carbocycles. The summed E-state index contributed by atoms with van der Waals surface area (Å²) in [7, 11) is -0.739. The number of aromatic nitrogens is 1. The number of para-hydroxylation sites is 1. The number of rotatable bonds is 7. The van der Waals surface area contributed by atoms with Crippen LogP contribution < -0.4 is 4.74 Å². The van der Waals surface area contributed by atoms with E-state index in [0.717, 1.165) is 15.5 Å². The predicted octanol–water partition coefficient (Wildman–Crippen LogP) is 4.59. The maximum Gasteiger partial charge on any atom is 0.343 e. The molecule has 0 N–H and O–H groups in total. The second-order valence-electron chi connectivity index (χ2n) is 8.23. The van der Waals surface area contributed by atoms with Crippen LogP contribution in [0.3, 0.4) is 0 Å². The van der Waals surface area contributed by atoms with E-state index in [9.17, 15) is 18.0 Å². The molecule has 4 aromatic rings. The smallest absolute Gasteiger partial charge is 0.343 e. The molecule has 1 heterocycles. The SMILES string of the molecule is CCOC(=O)c1c(C)n(-c2ccccc2)c2ccc(OC(=O)c3ccc(S(=O)(=O)N(C)C)cc3)cc12. The van der Waals surface area contributed by atoms with Crippen molar-refractivity contribution in [2.45, 2.75) is 18.7 Å². The minimum absolute atomic E-state index is 0.0716. The summed E-state index contributed by atoms with van der Waals surface area (Å²) >= 11 is 0. The first kappa shape index (κ1) is 25.2. The van der Waals surface area contributed by atoms with Gasteiger partial charge in [0.2, 0.25) is 10.0 Å². The highest BCUT2D eigenvalue weighted by Gasteiger charge is 2.23. The molecule has 8 nitrogen and oxygen atoms in total. The van der Waals surface area contributed by atoms with Crippen molar-refractivity contribution in [1.82, 2.24) is 8.87 Å². The number of carbonyl (C=O) groups is 2. The number of carbonyl (C=O) groups excluding carboxylic acids is 2. The zero-order chi connectivity index (χ0) is 26.0. The molecule has 0 amide bonds. The van der Waals surface area contributed by atoms with Gasteiger partial charge in [-0.1, -0.05) is 18.2 Å². The van der Waals surface area contributed by atoms with E-state index in [2.05, 4.69) is 0 Å². The molecular weight excluding hydrogens is 480 g/mol. The van der Waals surface area contributed by atoms with Crippen LogP contribution in [0, 0.1) is 6.92 Å². The van der Waals surface area contributed by atoms with Crippen molar-refractivity contribution in [3.63, 3.8) is 0 Å².